The Bertz CT molecular complexity index is 275. The quantitative estimate of drug-likeness (QED) is 0.720. The number of nitrogens with zero attached hydrogens (tertiary/aromatic N) is 1. The van der Waals surface area contributed by atoms with Crippen LogP contribution in [0.1, 0.15) is 32.6 Å². The molecule has 0 aromatic rings. The summed E-state index contributed by atoms with van der Waals surface area (Å²) in [5, 5.41) is 6.01. The van der Waals surface area contributed by atoms with Crippen LogP contribution in [-0.4, -0.2) is 49.9 Å². The number of amides is 2. The van der Waals surface area contributed by atoms with Gasteiger partial charge in [-0.15, -0.1) is 0 Å². The van der Waals surface area contributed by atoms with Crippen LogP contribution in [0.5, 0.6) is 0 Å². The van der Waals surface area contributed by atoms with E-state index in [4.69, 9.17) is 0 Å². The molecule has 104 valence electrons. The molecule has 0 radical (unpaired) electrons. The van der Waals surface area contributed by atoms with Gasteiger partial charge in [0.1, 0.15) is 0 Å². The molecule has 0 aromatic carbocycles. The monoisotopic (exact) mass is 255 g/mol. The lowest BCUT2D eigenvalue weighted by Gasteiger charge is -2.23. The minimum absolute atomic E-state index is 0.0692. The van der Waals surface area contributed by atoms with Crippen molar-refractivity contribution in [2.75, 3.05) is 33.2 Å². The first-order valence-electron chi connectivity index (χ1n) is 6.84. The summed E-state index contributed by atoms with van der Waals surface area (Å²) in [5.74, 6) is 0.642. The number of nitrogens with one attached hydrogen (secondary N) is 2. The van der Waals surface area contributed by atoms with Crippen molar-refractivity contribution in [1.82, 2.24) is 15.5 Å². The summed E-state index contributed by atoms with van der Waals surface area (Å²) in [5.41, 5.74) is 0. The molecule has 0 aliphatic carbocycles. The summed E-state index contributed by atoms with van der Waals surface area (Å²) >= 11 is 0. The van der Waals surface area contributed by atoms with E-state index in [9.17, 15) is 9.59 Å². The molecular formula is C13H25N3O2. The van der Waals surface area contributed by atoms with Gasteiger partial charge in [-0.05, 0) is 45.2 Å². The normalized spacial score (nSPS) is 16.3. The fourth-order valence-corrected chi connectivity index (χ4v) is 2.25. The Balaban J connectivity index is 2.20. The highest BCUT2D eigenvalue weighted by Gasteiger charge is 2.17. The molecule has 5 nitrogen and oxygen atoms in total. The van der Waals surface area contributed by atoms with E-state index >= 15 is 0 Å². The smallest absolute Gasteiger partial charge is 0.239 e. The van der Waals surface area contributed by atoms with Crippen molar-refractivity contribution in [3.8, 4) is 0 Å². The third-order valence-electron chi connectivity index (χ3n) is 3.41. The average Bonchev–Trinajstić information content (AvgIpc) is 2.37. The molecule has 0 atom stereocenters. The lowest BCUT2D eigenvalue weighted by Crippen LogP contribution is -2.38. The third kappa shape index (κ3) is 5.49. The first kappa shape index (κ1) is 15.0. The van der Waals surface area contributed by atoms with Crippen LogP contribution in [0.25, 0.3) is 0 Å². The molecule has 1 rings (SSSR count). The molecule has 2 N–H and O–H groups in total. The Labute approximate surface area is 109 Å². The van der Waals surface area contributed by atoms with E-state index in [2.05, 4.69) is 10.6 Å². The summed E-state index contributed by atoms with van der Waals surface area (Å²) < 4.78 is 0. The van der Waals surface area contributed by atoms with Gasteiger partial charge in [-0.25, -0.2) is 0 Å². The number of hydrogen-bond donors (Lipinski definition) is 2. The summed E-state index contributed by atoms with van der Waals surface area (Å²) in [6.07, 6.45) is 3.82. The molecule has 0 aromatic heterocycles. The van der Waals surface area contributed by atoms with Gasteiger partial charge in [-0.2, -0.15) is 0 Å². The van der Waals surface area contributed by atoms with Crippen LogP contribution in [0.3, 0.4) is 0 Å². The van der Waals surface area contributed by atoms with Crippen molar-refractivity contribution < 1.29 is 9.59 Å². The summed E-state index contributed by atoms with van der Waals surface area (Å²) in [4.78, 5) is 24.7. The van der Waals surface area contributed by atoms with Crippen LogP contribution < -0.4 is 10.6 Å². The molecule has 0 unspecified atom stereocenters. The van der Waals surface area contributed by atoms with Crippen LogP contribution in [0.2, 0.25) is 0 Å². The lowest BCUT2D eigenvalue weighted by atomic mass is 9.93. The Kier molecular flexibility index (Phi) is 6.72. The first-order chi connectivity index (χ1) is 8.63. The Hall–Kier alpha value is -1.10. The van der Waals surface area contributed by atoms with Crippen molar-refractivity contribution in [3.63, 3.8) is 0 Å². The molecule has 5 heteroatoms. The second-order valence-electron chi connectivity index (χ2n) is 4.94. The largest absolute Gasteiger partial charge is 0.355 e. The molecule has 1 heterocycles. The SMILES string of the molecule is CCNC(=O)CN(C)C(=O)CCC1CCNCC1. The van der Waals surface area contributed by atoms with Gasteiger partial charge in [-0.1, -0.05) is 0 Å². The summed E-state index contributed by atoms with van der Waals surface area (Å²) in [6.45, 7) is 4.77. The highest BCUT2D eigenvalue weighted by atomic mass is 16.2. The van der Waals surface area contributed by atoms with E-state index in [1.807, 2.05) is 6.92 Å². The minimum Gasteiger partial charge on any atom is -0.355 e. The molecule has 0 saturated carbocycles. The van der Waals surface area contributed by atoms with E-state index in [1.165, 1.54) is 4.90 Å². The Morgan fingerprint density at radius 1 is 1.33 bits per heavy atom. The zero-order valence-electron chi connectivity index (χ0n) is 11.5. The molecule has 0 bridgehead atoms. The third-order valence-corrected chi connectivity index (χ3v) is 3.41. The second kappa shape index (κ2) is 8.08. The maximum atomic E-state index is 11.9. The zero-order chi connectivity index (χ0) is 13.4. The van der Waals surface area contributed by atoms with Crippen LogP contribution in [0.4, 0.5) is 0 Å². The van der Waals surface area contributed by atoms with Crippen molar-refractivity contribution >= 4 is 11.8 Å². The van der Waals surface area contributed by atoms with Gasteiger partial charge >= 0.3 is 0 Å². The van der Waals surface area contributed by atoms with E-state index in [0.717, 1.165) is 32.4 Å². The Morgan fingerprint density at radius 3 is 2.61 bits per heavy atom. The molecule has 1 aliphatic rings. The highest BCUT2D eigenvalue weighted by Crippen LogP contribution is 2.18. The van der Waals surface area contributed by atoms with E-state index < -0.39 is 0 Å². The van der Waals surface area contributed by atoms with Gasteiger partial charge in [-0.3, -0.25) is 9.59 Å². The maximum Gasteiger partial charge on any atom is 0.239 e. The topological polar surface area (TPSA) is 61.4 Å². The molecule has 1 saturated heterocycles. The van der Waals surface area contributed by atoms with Crippen LogP contribution in [0, 0.1) is 5.92 Å². The van der Waals surface area contributed by atoms with E-state index in [0.29, 0.717) is 18.9 Å². The molecule has 2 amide bonds. The highest BCUT2D eigenvalue weighted by molar-refractivity contribution is 5.84. The fourth-order valence-electron chi connectivity index (χ4n) is 2.25. The molecular weight excluding hydrogens is 230 g/mol. The number of likely N-dealkylation sites (N-methyl/N-ethyl adjacent to an activating group) is 2. The number of carbonyl (C=O) groups is 2. The van der Waals surface area contributed by atoms with Crippen molar-refractivity contribution in [3.05, 3.63) is 0 Å². The molecule has 1 aliphatic heterocycles. The van der Waals surface area contributed by atoms with E-state index in [-0.39, 0.29) is 18.4 Å². The fraction of sp³-hybridized carbons (Fsp3) is 0.846. The van der Waals surface area contributed by atoms with Crippen molar-refractivity contribution in [2.24, 2.45) is 5.92 Å². The number of hydrogen-bond acceptors (Lipinski definition) is 3. The van der Waals surface area contributed by atoms with Gasteiger partial charge in [0, 0.05) is 20.0 Å². The predicted molar refractivity (Wildman–Crippen MR) is 71.1 cm³/mol. The molecule has 1 fully saturated rings. The Morgan fingerprint density at radius 2 is 2.00 bits per heavy atom. The van der Waals surface area contributed by atoms with Crippen LogP contribution in [0.15, 0.2) is 0 Å². The zero-order valence-corrected chi connectivity index (χ0v) is 11.5. The van der Waals surface area contributed by atoms with Crippen molar-refractivity contribution in [2.45, 2.75) is 32.6 Å². The standard InChI is InChI=1S/C13H25N3O2/c1-3-15-12(17)10-16(2)13(18)5-4-11-6-8-14-9-7-11/h11,14H,3-10H2,1-2H3,(H,15,17). The summed E-state index contributed by atoms with van der Waals surface area (Å²) in [6, 6.07) is 0. The number of carbonyl (C=O) groups excluding carboxylic acids is 2. The van der Waals surface area contributed by atoms with Gasteiger partial charge in [0.15, 0.2) is 0 Å². The van der Waals surface area contributed by atoms with Gasteiger partial charge < -0.3 is 15.5 Å². The van der Waals surface area contributed by atoms with Crippen molar-refractivity contribution in [1.29, 1.82) is 0 Å². The number of rotatable bonds is 6. The average molecular weight is 255 g/mol. The second-order valence-corrected chi connectivity index (χ2v) is 4.94. The van der Waals surface area contributed by atoms with Gasteiger partial charge in [0.05, 0.1) is 6.54 Å². The predicted octanol–water partition coefficient (Wildman–Crippen LogP) is 0.361. The number of piperidine rings is 1. The molecule has 18 heavy (non-hydrogen) atoms. The van der Waals surface area contributed by atoms with E-state index in [1.54, 1.807) is 7.05 Å². The first-order valence-corrected chi connectivity index (χ1v) is 6.84. The summed E-state index contributed by atoms with van der Waals surface area (Å²) in [7, 11) is 1.69. The lowest BCUT2D eigenvalue weighted by molar-refractivity contribution is -0.134. The van der Waals surface area contributed by atoms with Crippen LogP contribution in [-0.2, 0) is 9.59 Å². The van der Waals surface area contributed by atoms with Gasteiger partial charge in [0.2, 0.25) is 11.8 Å². The maximum absolute atomic E-state index is 11.9. The molecule has 0 spiro atoms. The van der Waals surface area contributed by atoms with Gasteiger partial charge in [0.25, 0.3) is 0 Å². The minimum atomic E-state index is -0.0878. The van der Waals surface area contributed by atoms with Crippen LogP contribution >= 0.6 is 0 Å².